The van der Waals surface area contributed by atoms with Crippen molar-refractivity contribution >= 4 is 17.3 Å². The molecule has 1 aliphatic rings. The highest BCUT2D eigenvalue weighted by Crippen LogP contribution is 2.23. The van der Waals surface area contributed by atoms with Crippen molar-refractivity contribution < 1.29 is 4.79 Å². The van der Waals surface area contributed by atoms with E-state index in [1.807, 2.05) is 4.90 Å². The maximum absolute atomic E-state index is 12.3. The predicted molar refractivity (Wildman–Crippen MR) is 69.6 cm³/mol. The van der Waals surface area contributed by atoms with Crippen LogP contribution in [0.1, 0.15) is 36.5 Å². The van der Waals surface area contributed by atoms with E-state index in [4.69, 9.17) is 11.5 Å². The van der Waals surface area contributed by atoms with Crippen LogP contribution in [0.3, 0.4) is 0 Å². The van der Waals surface area contributed by atoms with Gasteiger partial charge in [-0.1, -0.05) is 6.92 Å². The molecule has 0 aliphatic carbocycles. The zero-order chi connectivity index (χ0) is 12.4. The Morgan fingerprint density at radius 2 is 2.00 bits per heavy atom. The number of nitrogens with zero attached hydrogens (tertiary/aromatic N) is 1. The second-order valence-electron chi connectivity index (χ2n) is 4.59. The number of nitrogen functional groups attached to an aromatic ring is 2. The number of hydrogen-bond donors (Lipinski definition) is 2. The van der Waals surface area contributed by atoms with Gasteiger partial charge in [-0.25, -0.2) is 0 Å². The molecule has 4 nitrogen and oxygen atoms in total. The highest BCUT2D eigenvalue weighted by molar-refractivity contribution is 5.96. The summed E-state index contributed by atoms with van der Waals surface area (Å²) >= 11 is 0. The number of hydrogen-bond acceptors (Lipinski definition) is 3. The van der Waals surface area contributed by atoms with Gasteiger partial charge in [-0.15, -0.1) is 0 Å². The lowest BCUT2D eigenvalue weighted by atomic mass is 10.1. The van der Waals surface area contributed by atoms with Crippen LogP contribution in [0.4, 0.5) is 11.4 Å². The second kappa shape index (κ2) is 4.65. The van der Waals surface area contributed by atoms with Gasteiger partial charge in [0.2, 0.25) is 0 Å². The summed E-state index contributed by atoms with van der Waals surface area (Å²) in [6.07, 6.45) is 3.19. The third-order valence-corrected chi connectivity index (χ3v) is 3.33. The van der Waals surface area contributed by atoms with E-state index in [0.29, 0.717) is 23.0 Å². The lowest BCUT2D eigenvalue weighted by Gasteiger charge is -2.23. The Labute approximate surface area is 102 Å². The average Bonchev–Trinajstić information content (AvgIpc) is 2.74. The topological polar surface area (TPSA) is 72.3 Å². The predicted octanol–water partition coefficient (Wildman–Crippen LogP) is 1.87. The summed E-state index contributed by atoms with van der Waals surface area (Å²) in [6.45, 7) is 2.95. The second-order valence-corrected chi connectivity index (χ2v) is 4.59. The minimum absolute atomic E-state index is 0.0494. The molecule has 17 heavy (non-hydrogen) atoms. The Balaban J connectivity index is 2.24. The molecule has 4 N–H and O–H groups in total. The van der Waals surface area contributed by atoms with Crippen LogP contribution in [0, 0.1) is 0 Å². The number of rotatable bonds is 2. The molecule has 1 heterocycles. The summed E-state index contributed by atoms with van der Waals surface area (Å²) in [5.74, 6) is 0.0494. The van der Waals surface area contributed by atoms with Gasteiger partial charge in [-0.3, -0.25) is 4.79 Å². The standard InChI is InChI=1S/C13H19N3O/c1-2-12-4-3-5-16(12)13(17)9-6-10(14)8-11(15)7-9/h6-8,12H,2-5,14-15H2,1H3. The number of carbonyl (C=O) groups excluding carboxylic acids is 1. The SMILES string of the molecule is CCC1CCCN1C(=O)c1cc(N)cc(N)c1. The van der Waals surface area contributed by atoms with Crippen molar-refractivity contribution in [3.05, 3.63) is 23.8 Å². The van der Waals surface area contributed by atoms with E-state index in [0.717, 1.165) is 25.8 Å². The molecule has 1 saturated heterocycles. The van der Waals surface area contributed by atoms with Gasteiger partial charge < -0.3 is 16.4 Å². The van der Waals surface area contributed by atoms with Gasteiger partial charge in [0.05, 0.1) is 0 Å². The zero-order valence-corrected chi connectivity index (χ0v) is 10.1. The summed E-state index contributed by atoms with van der Waals surface area (Å²) < 4.78 is 0. The molecule has 0 saturated carbocycles. The normalized spacial score (nSPS) is 19.6. The van der Waals surface area contributed by atoms with Crippen molar-refractivity contribution in [1.82, 2.24) is 4.90 Å². The highest BCUT2D eigenvalue weighted by Gasteiger charge is 2.28. The fraction of sp³-hybridized carbons (Fsp3) is 0.462. The Morgan fingerprint density at radius 1 is 1.35 bits per heavy atom. The van der Waals surface area contributed by atoms with Gasteiger partial charge in [0.25, 0.3) is 5.91 Å². The molecule has 92 valence electrons. The van der Waals surface area contributed by atoms with E-state index < -0.39 is 0 Å². The number of likely N-dealkylation sites (tertiary alicyclic amines) is 1. The maximum atomic E-state index is 12.3. The number of benzene rings is 1. The number of nitrogens with two attached hydrogens (primary N) is 2. The van der Waals surface area contributed by atoms with Crippen LogP contribution in [0.5, 0.6) is 0 Å². The summed E-state index contributed by atoms with van der Waals surface area (Å²) in [7, 11) is 0. The van der Waals surface area contributed by atoms with Crippen molar-refractivity contribution in [2.24, 2.45) is 0 Å². The van der Waals surface area contributed by atoms with Crippen molar-refractivity contribution in [1.29, 1.82) is 0 Å². The molecule has 1 amide bonds. The first-order valence-corrected chi connectivity index (χ1v) is 6.09. The summed E-state index contributed by atoms with van der Waals surface area (Å²) in [4.78, 5) is 14.3. The van der Waals surface area contributed by atoms with E-state index in [1.165, 1.54) is 0 Å². The number of anilines is 2. The van der Waals surface area contributed by atoms with Gasteiger partial charge >= 0.3 is 0 Å². The molecule has 4 heteroatoms. The molecule has 0 spiro atoms. The fourth-order valence-corrected chi connectivity index (χ4v) is 2.49. The largest absolute Gasteiger partial charge is 0.399 e. The van der Waals surface area contributed by atoms with Crippen LogP contribution in [0.15, 0.2) is 18.2 Å². The fourth-order valence-electron chi connectivity index (χ4n) is 2.49. The molecule has 1 aliphatic heterocycles. The molecule has 1 atom stereocenters. The third kappa shape index (κ3) is 2.35. The molecule has 0 bridgehead atoms. The first-order chi connectivity index (χ1) is 8.11. The van der Waals surface area contributed by atoms with Crippen LogP contribution >= 0.6 is 0 Å². The minimum atomic E-state index is 0.0494. The van der Waals surface area contributed by atoms with E-state index >= 15 is 0 Å². The molecule has 0 radical (unpaired) electrons. The molecule has 1 aromatic rings. The lowest BCUT2D eigenvalue weighted by Crippen LogP contribution is -2.35. The van der Waals surface area contributed by atoms with E-state index in [1.54, 1.807) is 18.2 Å². The van der Waals surface area contributed by atoms with Crippen molar-refractivity contribution in [2.45, 2.75) is 32.2 Å². The first kappa shape index (κ1) is 11.8. The van der Waals surface area contributed by atoms with E-state index in [-0.39, 0.29) is 5.91 Å². The Bertz CT molecular complexity index is 410. The van der Waals surface area contributed by atoms with Crippen LogP contribution in [0.2, 0.25) is 0 Å². The quantitative estimate of drug-likeness (QED) is 0.766. The van der Waals surface area contributed by atoms with Crippen LogP contribution in [-0.4, -0.2) is 23.4 Å². The van der Waals surface area contributed by atoms with Gasteiger partial charge in [-0.05, 0) is 37.5 Å². The first-order valence-electron chi connectivity index (χ1n) is 6.09. The molecule has 0 aromatic heterocycles. The van der Waals surface area contributed by atoms with Crippen LogP contribution in [-0.2, 0) is 0 Å². The highest BCUT2D eigenvalue weighted by atomic mass is 16.2. The van der Waals surface area contributed by atoms with Crippen molar-refractivity contribution in [3.8, 4) is 0 Å². The van der Waals surface area contributed by atoms with E-state index in [9.17, 15) is 4.79 Å². The van der Waals surface area contributed by atoms with Crippen molar-refractivity contribution in [2.75, 3.05) is 18.0 Å². The zero-order valence-electron chi connectivity index (χ0n) is 10.1. The van der Waals surface area contributed by atoms with Gasteiger partial charge in [0, 0.05) is 29.5 Å². The van der Waals surface area contributed by atoms with Crippen LogP contribution in [0.25, 0.3) is 0 Å². The summed E-state index contributed by atoms with van der Waals surface area (Å²) in [5, 5.41) is 0. The molecular weight excluding hydrogens is 214 g/mol. The number of carbonyl (C=O) groups is 1. The molecule has 1 fully saturated rings. The average molecular weight is 233 g/mol. The third-order valence-electron chi connectivity index (χ3n) is 3.33. The Morgan fingerprint density at radius 3 is 2.59 bits per heavy atom. The van der Waals surface area contributed by atoms with Crippen molar-refractivity contribution in [3.63, 3.8) is 0 Å². The molecule has 1 aromatic carbocycles. The van der Waals surface area contributed by atoms with E-state index in [2.05, 4.69) is 6.92 Å². The monoisotopic (exact) mass is 233 g/mol. The van der Waals surface area contributed by atoms with Crippen LogP contribution < -0.4 is 11.5 Å². The molecular formula is C13H19N3O. The number of amides is 1. The van der Waals surface area contributed by atoms with Gasteiger partial charge in [-0.2, -0.15) is 0 Å². The molecule has 1 unspecified atom stereocenters. The lowest BCUT2D eigenvalue weighted by molar-refractivity contribution is 0.0734. The maximum Gasteiger partial charge on any atom is 0.254 e. The van der Waals surface area contributed by atoms with Gasteiger partial charge in [0.1, 0.15) is 0 Å². The smallest absolute Gasteiger partial charge is 0.254 e. The van der Waals surface area contributed by atoms with Gasteiger partial charge in [0.15, 0.2) is 0 Å². The minimum Gasteiger partial charge on any atom is -0.399 e. The Kier molecular flexibility index (Phi) is 3.22. The summed E-state index contributed by atoms with van der Waals surface area (Å²) in [5.41, 5.74) is 13.1. The summed E-state index contributed by atoms with van der Waals surface area (Å²) in [6, 6.07) is 5.43. The molecule has 2 rings (SSSR count). The Hall–Kier alpha value is -1.71.